The summed E-state index contributed by atoms with van der Waals surface area (Å²) in [6.07, 6.45) is 5.31. The molecule has 0 unspecified atom stereocenters. The Balaban J connectivity index is 0.854. The molecule has 4 atom stereocenters. The smallest absolute Gasteiger partial charge is 0.408 e. The fourth-order valence-electron chi connectivity index (χ4n) is 8.84. The van der Waals surface area contributed by atoms with Crippen LogP contribution in [0.2, 0.25) is 10.0 Å². The Labute approximate surface area is 407 Å². The maximum atomic E-state index is 14.1. The van der Waals surface area contributed by atoms with Crippen molar-refractivity contribution in [3.05, 3.63) is 153 Å². The van der Waals surface area contributed by atoms with Gasteiger partial charge in [0.15, 0.2) is 16.9 Å². The van der Waals surface area contributed by atoms with Crippen molar-refractivity contribution in [2.45, 2.75) is 68.9 Å². The van der Waals surface area contributed by atoms with Gasteiger partial charge in [0.05, 0.1) is 22.7 Å². The number of alkyl carbamates (subject to hydrolysis) is 1. The van der Waals surface area contributed by atoms with E-state index in [2.05, 4.69) is 15.2 Å². The molecule has 4 aliphatic heterocycles. The third kappa shape index (κ3) is 11.8. The number of carbonyl (C=O) groups excluding carboxylic acids is 3. The van der Waals surface area contributed by atoms with Crippen molar-refractivity contribution in [3.8, 4) is 17.2 Å². The first kappa shape index (κ1) is 47.5. The van der Waals surface area contributed by atoms with Crippen molar-refractivity contribution in [3.63, 3.8) is 0 Å². The molecule has 5 fully saturated rings. The molecule has 0 radical (unpaired) electrons. The second-order valence-corrected chi connectivity index (χ2v) is 19.4. The summed E-state index contributed by atoms with van der Waals surface area (Å²) in [5.74, 6) is 0.690. The zero-order valence-corrected chi connectivity index (χ0v) is 39.3. The van der Waals surface area contributed by atoms with Gasteiger partial charge >= 0.3 is 18.7 Å². The molecule has 1 aromatic heterocycles. The van der Waals surface area contributed by atoms with Gasteiger partial charge in [0.2, 0.25) is 0 Å². The fraction of sp³-hybridized carbons (Fsp3) is 0.373. The minimum absolute atomic E-state index is 0.0150. The molecule has 68 heavy (non-hydrogen) atoms. The first-order valence-corrected chi connectivity index (χ1v) is 24.5. The molecule has 1 saturated carbocycles. The summed E-state index contributed by atoms with van der Waals surface area (Å²) in [5.41, 5.74) is 3.79. The summed E-state index contributed by atoms with van der Waals surface area (Å²) in [6, 6.07) is 28.2. The highest BCUT2D eigenvalue weighted by Crippen LogP contribution is 2.39. The van der Waals surface area contributed by atoms with Crippen molar-refractivity contribution in [2.75, 3.05) is 38.5 Å². The van der Waals surface area contributed by atoms with Crippen molar-refractivity contribution >= 4 is 52.9 Å². The van der Waals surface area contributed by atoms with Crippen LogP contribution in [0.15, 0.2) is 109 Å². The number of thioether (sulfide) groups is 1. The molecule has 356 valence electrons. The van der Waals surface area contributed by atoms with Gasteiger partial charge in [-0.25, -0.2) is 9.59 Å². The molecule has 5 aliphatic rings. The Kier molecular flexibility index (Phi) is 15.2. The van der Waals surface area contributed by atoms with Gasteiger partial charge < -0.3 is 33.9 Å². The Morgan fingerprint density at radius 1 is 0.809 bits per heavy atom. The van der Waals surface area contributed by atoms with E-state index in [1.807, 2.05) is 54.6 Å². The third-order valence-electron chi connectivity index (χ3n) is 12.7. The summed E-state index contributed by atoms with van der Waals surface area (Å²) in [4.78, 5) is 49.3. The van der Waals surface area contributed by atoms with E-state index >= 15 is 0 Å². The van der Waals surface area contributed by atoms with Crippen LogP contribution in [0.4, 0.5) is 13.6 Å². The minimum Gasteiger partial charge on any atom is -0.489 e. The molecule has 2 bridgehead atoms. The van der Waals surface area contributed by atoms with Crippen LogP contribution in [0, 0.1) is 11.8 Å². The molecule has 0 spiro atoms. The number of pyridine rings is 1. The monoisotopic (exact) mass is 986 g/mol. The largest absolute Gasteiger partial charge is 0.489 e. The van der Waals surface area contributed by atoms with Crippen molar-refractivity contribution < 1.29 is 46.8 Å². The lowest BCUT2D eigenvalue weighted by Crippen LogP contribution is -2.52. The molecule has 17 heteroatoms. The Morgan fingerprint density at radius 2 is 1.56 bits per heavy atom. The van der Waals surface area contributed by atoms with Gasteiger partial charge in [0.1, 0.15) is 24.6 Å². The highest BCUT2D eigenvalue weighted by atomic mass is 35.5. The van der Waals surface area contributed by atoms with Crippen molar-refractivity contribution in [1.29, 1.82) is 0 Å². The molecule has 4 saturated heterocycles. The van der Waals surface area contributed by atoms with Gasteiger partial charge in [-0.2, -0.15) is 8.78 Å². The average molecular weight is 988 g/mol. The number of amides is 2. The average Bonchev–Trinajstić information content (AvgIpc) is 4.06. The summed E-state index contributed by atoms with van der Waals surface area (Å²) in [5, 5.41) is 2.63. The quantitative estimate of drug-likeness (QED) is 0.0843. The van der Waals surface area contributed by atoms with Gasteiger partial charge in [0.25, 0.3) is 5.91 Å². The van der Waals surface area contributed by atoms with Gasteiger partial charge in [-0.15, -0.1) is 11.8 Å². The van der Waals surface area contributed by atoms with E-state index in [0.29, 0.717) is 53.2 Å². The predicted molar refractivity (Wildman–Crippen MR) is 253 cm³/mol. The van der Waals surface area contributed by atoms with E-state index in [4.69, 9.17) is 46.9 Å². The molecule has 10 rings (SSSR count). The molecule has 1 aliphatic carbocycles. The van der Waals surface area contributed by atoms with Crippen LogP contribution in [0.3, 0.4) is 0 Å². The number of benzene rings is 4. The number of ether oxygens (including phenoxy) is 5. The highest BCUT2D eigenvalue weighted by Gasteiger charge is 2.39. The number of piperidine rings is 3. The topological polar surface area (TPSA) is 129 Å². The zero-order valence-electron chi connectivity index (χ0n) is 36.9. The Bertz CT molecular complexity index is 2550. The number of fused-ring (bicyclic) bond motifs is 3. The zero-order chi connectivity index (χ0) is 47.1. The Hall–Kier alpha value is -5.61. The number of alkyl halides is 2. The van der Waals surface area contributed by atoms with Crippen LogP contribution in [0.25, 0.3) is 0 Å². The molecular formula is C51H50Cl2F2N4O8S. The van der Waals surface area contributed by atoms with E-state index in [1.54, 1.807) is 24.3 Å². The first-order valence-electron chi connectivity index (χ1n) is 22.7. The Morgan fingerprint density at radius 3 is 2.26 bits per heavy atom. The minimum atomic E-state index is -3.08. The standard InChI is InChI=1S/C51H50Cl2F2N4O8S/c52-40-26-56-27-41(53)39(40)25-43(36-15-16-42(66-50(54)55)44(24-36)64-30-31-9-10-31)65-49(61)48-59(21-22-68-48)47(60)35-13-11-32(12-14-35)29-63-38-8-4-7-37(23-38)46(34-5-2-1-3-6-34)57-51(62)67-45-28-58-19-17-33(45)18-20-58/h1-8,11-16,23-24,26-27,31,33,43,45-46,48,50H,9-10,17-22,25,28-30H2,(H,57,62)/t43-,45-,46-,48-/m0/s1. The number of nitrogens with zero attached hydrogens (tertiary/aromatic N) is 3. The lowest BCUT2D eigenvalue weighted by Gasteiger charge is -2.43. The van der Waals surface area contributed by atoms with Crippen LogP contribution in [0.1, 0.15) is 76.0 Å². The first-order chi connectivity index (χ1) is 33.0. The number of hydrogen-bond acceptors (Lipinski definition) is 11. The fourth-order valence-corrected chi connectivity index (χ4v) is 10.5. The highest BCUT2D eigenvalue weighted by molar-refractivity contribution is 8.00. The number of esters is 1. The van der Waals surface area contributed by atoms with Crippen LogP contribution in [-0.2, 0) is 27.3 Å². The van der Waals surface area contributed by atoms with E-state index in [9.17, 15) is 23.2 Å². The number of hydrogen-bond donors (Lipinski definition) is 1. The van der Waals surface area contributed by atoms with Gasteiger partial charge in [-0.3, -0.25) is 14.7 Å². The summed E-state index contributed by atoms with van der Waals surface area (Å²) >= 11 is 14.3. The van der Waals surface area contributed by atoms with Crippen LogP contribution < -0.4 is 19.5 Å². The second-order valence-electron chi connectivity index (χ2n) is 17.4. The summed E-state index contributed by atoms with van der Waals surface area (Å²) < 4.78 is 55.8. The van der Waals surface area contributed by atoms with Gasteiger partial charge in [-0.1, -0.05) is 83.9 Å². The lowest BCUT2D eigenvalue weighted by molar-refractivity contribution is -0.151. The van der Waals surface area contributed by atoms with Crippen LogP contribution in [-0.4, -0.2) is 89.4 Å². The maximum Gasteiger partial charge on any atom is 0.408 e. The van der Waals surface area contributed by atoms with E-state index in [-0.39, 0.29) is 46.6 Å². The van der Waals surface area contributed by atoms with Crippen LogP contribution in [0.5, 0.6) is 17.2 Å². The second kappa shape index (κ2) is 21.8. The molecular weight excluding hydrogens is 938 g/mol. The number of carbonyl (C=O) groups is 3. The number of aromatic nitrogens is 1. The molecule has 5 heterocycles. The summed E-state index contributed by atoms with van der Waals surface area (Å²) in [7, 11) is 0. The SMILES string of the molecule is O=C(N[C@@H](c1ccccc1)c1cccc(OCc2ccc(C(=O)N3CCS[C@H]3C(=O)O[C@@H](Cc3c(Cl)cncc3Cl)c3ccc(OC(F)F)c(OCC4CC4)c3)cc2)c1)O[C@H]1CN2CCC1CC2. The summed E-state index contributed by atoms with van der Waals surface area (Å²) in [6.45, 7) is 0.615. The number of halogens is 4. The molecule has 5 aromatic rings. The van der Waals surface area contributed by atoms with Gasteiger partial charge in [0, 0.05) is 43.2 Å². The van der Waals surface area contributed by atoms with Crippen LogP contribution >= 0.6 is 35.0 Å². The van der Waals surface area contributed by atoms with E-state index in [0.717, 1.165) is 62.0 Å². The van der Waals surface area contributed by atoms with Gasteiger partial charge in [-0.05, 0) is 115 Å². The van der Waals surface area contributed by atoms with E-state index in [1.165, 1.54) is 47.3 Å². The third-order valence-corrected chi connectivity index (χ3v) is 14.6. The number of nitrogens with one attached hydrogen (secondary N) is 1. The predicted octanol–water partition coefficient (Wildman–Crippen LogP) is 10.3. The molecule has 4 aromatic carbocycles. The lowest BCUT2D eigenvalue weighted by atomic mass is 9.86. The normalized spacial score (nSPS) is 20.6. The maximum absolute atomic E-state index is 14.1. The number of rotatable bonds is 18. The molecule has 12 nitrogen and oxygen atoms in total. The van der Waals surface area contributed by atoms with Crippen molar-refractivity contribution in [1.82, 2.24) is 20.1 Å². The molecule has 2 amide bonds. The molecule has 1 N–H and O–H groups in total. The van der Waals surface area contributed by atoms with Crippen molar-refractivity contribution in [2.24, 2.45) is 11.8 Å². The van der Waals surface area contributed by atoms with E-state index < -0.39 is 36.2 Å².